The molecule has 100 valence electrons. The van der Waals surface area contributed by atoms with Gasteiger partial charge in [-0.15, -0.1) is 5.10 Å². The molecular formula is C12H13Br2N5. The molecule has 19 heavy (non-hydrogen) atoms. The smallest absolute Gasteiger partial charge is 0.245 e. The molecular weight excluding hydrogens is 374 g/mol. The van der Waals surface area contributed by atoms with E-state index in [0.717, 1.165) is 52.5 Å². The summed E-state index contributed by atoms with van der Waals surface area (Å²) in [6, 6.07) is 6.00. The molecule has 0 atom stereocenters. The fourth-order valence-electron chi connectivity index (χ4n) is 2.06. The highest BCUT2D eigenvalue weighted by Gasteiger charge is 2.16. The van der Waals surface area contributed by atoms with E-state index in [1.165, 1.54) is 0 Å². The summed E-state index contributed by atoms with van der Waals surface area (Å²) in [5, 5.41) is 10.6. The Kier molecular flexibility index (Phi) is 3.86. The first-order valence-corrected chi connectivity index (χ1v) is 7.66. The Morgan fingerprint density at radius 1 is 1.16 bits per heavy atom. The highest BCUT2D eigenvalue weighted by molar-refractivity contribution is 9.11. The second-order valence-corrected chi connectivity index (χ2v) is 6.12. The molecule has 7 heteroatoms. The van der Waals surface area contributed by atoms with Gasteiger partial charge in [0, 0.05) is 40.7 Å². The highest BCUT2D eigenvalue weighted by Crippen LogP contribution is 2.29. The van der Waals surface area contributed by atoms with Crippen molar-refractivity contribution in [3.8, 4) is 11.4 Å². The minimum absolute atomic E-state index is 0.767. The lowest BCUT2D eigenvalue weighted by Gasteiger charge is -2.25. The third-order valence-electron chi connectivity index (χ3n) is 3.06. The van der Waals surface area contributed by atoms with E-state index in [1.54, 1.807) is 0 Å². The Labute approximate surface area is 128 Å². The van der Waals surface area contributed by atoms with E-state index < -0.39 is 0 Å². The molecule has 0 radical (unpaired) electrons. The molecule has 0 saturated carbocycles. The molecule has 1 fully saturated rings. The third kappa shape index (κ3) is 2.82. The predicted octanol–water partition coefficient (Wildman–Crippen LogP) is 2.41. The maximum absolute atomic E-state index is 4.59. The summed E-state index contributed by atoms with van der Waals surface area (Å²) < 4.78 is 2.02. The summed E-state index contributed by atoms with van der Waals surface area (Å²) in [4.78, 5) is 6.77. The van der Waals surface area contributed by atoms with Crippen molar-refractivity contribution in [2.75, 3.05) is 31.1 Å². The maximum atomic E-state index is 4.59. The molecule has 3 rings (SSSR count). The van der Waals surface area contributed by atoms with E-state index in [4.69, 9.17) is 0 Å². The lowest BCUT2D eigenvalue weighted by Crippen LogP contribution is -2.44. The normalized spacial score (nSPS) is 15.8. The molecule has 1 saturated heterocycles. The number of benzene rings is 1. The molecule has 1 aromatic heterocycles. The Balaban J connectivity index is 1.89. The van der Waals surface area contributed by atoms with Crippen LogP contribution in [0.1, 0.15) is 0 Å². The van der Waals surface area contributed by atoms with Crippen LogP contribution in [-0.4, -0.2) is 41.4 Å². The van der Waals surface area contributed by atoms with Crippen LogP contribution >= 0.6 is 31.9 Å². The number of hydrogen-bond acceptors (Lipinski definition) is 4. The van der Waals surface area contributed by atoms with Gasteiger partial charge in [0.25, 0.3) is 0 Å². The van der Waals surface area contributed by atoms with E-state index in [0.29, 0.717) is 0 Å². The Hall–Kier alpha value is -0.920. The van der Waals surface area contributed by atoms with Gasteiger partial charge in [-0.05, 0) is 18.2 Å². The van der Waals surface area contributed by atoms with Crippen LogP contribution in [0.15, 0.2) is 27.1 Å². The molecule has 1 aromatic carbocycles. The number of aromatic amines is 1. The zero-order valence-electron chi connectivity index (χ0n) is 10.2. The SMILES string of the molecule is Brc1ccc(Br)c(-c2nc(N3CCNCC3)n[nH]2)c1. The minimum Gasteiger partial charge on any atom is -0.337 e. The summed E-state index contributed by atoms with van der Waals surface area (Å²) in [5.41, 5.74) is 1.00. The summed E-state index contributed by atoms with van der Waals surface area (Å²) in [5.74, 6) is 1.55. The number of aromatic nitrogens is 3. The van der Waals surface area contributed by atoms with Gasteiger partial charge in [-0.1, -0.05) is 31.9 Å². The van der Waals surface area contributed by atoms with Crippen molar-refractivity contribution >= 4 is 37.8 Å². The van der Waals surface area contributed by atoms with Gasteiger partial charge in [0.1, 0.15) is 0 Å². The Bertz CT molecular complexity index is 577. The van der Waals surface area contributed by atoms with Crippen LogP contribution in [0, 0.1) is 0 Å². The van der Waals surface area contributed by atoms with Gasteiger partial charge in [-0.3, -0.25) is 5.10 Å². The molecule has 0 bridgehead atoms. The maximum Gasteiger partial charge on any atom is 0.245 e. The standard InChI is InChI=1S/C12H13Br2N5/c13-8-1-2-10(14)9(7-8)11-16-12(18-17-11)19-5-3-15-4-6-19/h1-2,7,15H,3-6H2,(H,16,17,18). The summed E-state index contributed by atoms with van der Waals surface area (Å²) >= 11 is 7.02. The molecule has 2 N–H and O–H groups in total. The molecule has 0 unspecified atom stereocenters. The van der Waals surface area contributed by atoms with Crippen LogP contribution in [0.5, 0.6) is 0 Å². The first-order valence-electron chi connectivity index (χ1n) is 6.07. The lowest BCUT2D eigenvalue weighted by atomic mass is 10.2. The fraction of sp³-hybridized carbons (Fsp3) is 0.333. The number of halogens is 2. The van der Waals surface area contributed by atoms with E-state index in [2.05, 4.69) is 57.3 Å². The molecule has 0 aliphatic carbocycles. The summed E-state index contributed by atoms with van der Waals surface area (Å²) in [6.07, 6.45) is 0. The number of anilines is 1. The summed E-state index contributed by atoms with van der Waals surface area (Å²) in [6.45, 7) is 3.84. The topological polar surface area (TPSA) is 56.8 Å². The average Bonchev–Trinajstić information content (AvgIpc) is 2.92. The van der Waals surface area contributed by atoms with E-state index >= 15 is 0 Å². The predicted molar refractivity (Wildman–Crippen MR) is 82.3 cm³/mol. The second kappa shape index (κ2) is 5.60. The Morgan fingerprint density at radius 2 is 1.95 bits per heavy atom. The second-order valence-electron chi connectivity index (χ2n) is 4.35. The monoisotopic (exact) mass is 385 g/mol. The lowest BCUT2D eigenvalue weighted by molar-refractivity contribution is 0.580. The van der Waals surface area contributed by atoms with Crippen molar-refractivity contribution in [3.63, 3.8) is 0 Å². The van der Waals surface area contributed by atoms with Crippen LogP contribution in [0.2, 0.25) is 0 Å². The van der Waals surface area contributed by atoms with Gasteiger partial charge < -0.3 is 10.2 Å². The molecule has 2 aromatic rings. The van der Waals surface area contributed by atoms with Crippen molar-refractivity contribution < 1.29 is 0 Å². The summed E-state index contributed by atoms with van der Waals surface area (Å²) in [7, 11) is 0. The van der Waals surface area contributed by atoms with Crippen LogP contribution in [0.25, 0.3) is 11.4 Å². The van der Waals surface area contributed by atoms with E-state index in [1.807, 2.05) is 18.2 Å². The van der Waals surface area contributed by atoms with E-state index in [9.17, 15) is 0 Å². The molecule has 5 nitrogen and oxygen atoms in total. The van der Waals surface area contributed by atoms with Crippen LogP contribution < -0.4 is 10.2 Å². The first-order chi connectivity index (χ1) is 9.24. The Morgan fingerprint density at radius 3 is 2.74 bits per heavy atom. The van der Waals surface area contributed by atoms with Gasteiger partial charge in [0.15, 0.2) is 5.82 Å². The molecule has 0 amide bonds. The number of nitrogens with one attached hydrogen (secondary N) is 2. The average molecular weight is 387 g/mol. The molecule has 1 aliphatic rings. The van der Waals surface area contributed by atoms with Crippen molar-refractivity contribution in [2.45, 2.75) is 0 Å². The number of piperazine rings is 1. The highest BCUT2D eigenvalue weighted by atomic mass is 79.9. The van der Waals surface area contributed by atoms with Gasteiger partial charge in [-0.2, -0.15) is 4.98 Å². The number of rotatable bonds is 2. The van der Waals surface area contributed by atoms with Crippen molar-refractivity contribution in [2.24, 2.45) is 0 Å². The third-order valence-corrected chi connectivity index (χ3v) is 4.24. The molecule has 1 aliphatic heterocycles. The van der Waals surface area contributed by atoms with E-state index in [-0.39, 0.29) is 0 Å². The van der Waals surface area contributed by atoms with Crippen LogP contribution in [0.4, 0.5) is 5.95 Å². The zero-order valence-corrected chi connectivity index (χ0v) is 13.3. The molecule has 2 heterocycles. The van der Waals surface area contributed by atoms with Gasteiger partial charge in [0.05, 0.1) is 0 Å². The van der Waals surface area contributed by atoms with Crippen molar-refractivity contribution in [1.29, 1.82) is 0 Å². The van der Waals surface area contributed by atoms with Gasteiger partial charge in [-0.25, -0.2) is 0 Å². The zero-order chi connectivity index (χ0) is 13.2. The van der Waals surface area contributed by atoms with Crippen molar-refractivity contribution in [1.82, 2.24) is 20.5 Å². The van der Waals surface area contributed by atoms with Crippen molar-refractivity contribution in [3.05, 3.63) is 27.1 Å². The van der Waals surface area contributed by atoms with Gasteiger partial charge >= 0.3 is 0 Å². The molecule has 0 spiro atoms. The fourth-order valence-corrected chi connectivity index (χ4v) is 2.85. The number of hydrogen-bond donors (Lipinski definition) is 2. The number of H-pyrrole nitrogens is 1. The number of nitrogens with zero attached hydrogens (tertiary/aromatic N) is 3. The van der Waals surface area contributed by atoms with Gasteiger partial charge in [0.2, 0.25) is 5.95 Å². The minimum atomic E-state index is 0.767. The quantitative estimate of drug-likeness (QED) is 0.832. The van der Waals surface area contributed by atoms with Crippen LogP contribution in [-0.2, 0) is 0 Å². The largest absolute Gasteiger partial charge is 0.337 e. The van der Waals surface area contributed by atoms with Crippen LogP contribution in [0.3, 0.4) is 0 Å². The first kappa shape index (κ1) is 13.1.